The Labute approximate surface area is 347 Å². The van der Waals surface area contributed by atoms with Gasteiger partial charge < -0.3 is 18.9 Å². The second-order valence-corrected chi connectivity index (χ2v) is 14.2. The van der Waals surface area contributed by atoms with Gasteiger partial charge >= 0.3 is 103 Å². The van der Waals surface area contributed by atoms with Crippen molar-refractivity contribution < 1.29 is 138 Å². The van der Waals surface area contributed by atoms with E-state index < -0.39 is 43.6 Å². The molecule has 42 heavy (non-hydrogen) atoms. The van der Waals surface area contributed by atoms with Gasteiger partial charge in [0.25, 0.3) is 11.8 Å². The van der Waals surface area contributed by atoms with Crippen molar-refractivity contribution in [1.82, 2.24) is 9.80 Å². The molecule has 0 saturated heterocycles. The maximum absolute atomic E-state index is 14.0. The third-order valence-corrected chi connectivity index (χ3v) is 9.10. The van der Waals surface area contributed by atoms with Crippen LogP contribution in [0.1, 0.15) is 36.8 Å². The van der Waals surface area contributed by atoms with Gasteiger partial charge in [0, 0.05) is 33.5 Å². The topological polar surface area (TPSA) is 155 Å². The summed E-state index contributed by atoms with van der Waals surface area (Å²) in [7, 11) is -8.81. The smallest absolute Gasteiger partial charge is 0.748 e. The first-order valence-electron chi connectivity index (χ1n) is 12.3. The van der Waals surface area contributed by atoms with Crippen molar-refractivity contribution in [3.05, 3.63) is 79.7 Å². The zero-order valence-electron chi connectivity index (χ0n) is 23.0. The molecule has 16 heteroatoms. The molecule has 2 aliphatic rings. The molecule has 2 amide bonds. The Kier molecular flexibility index (Phi) is 15.5. The Morgan fingerprint density at radius 2 is 0.881 bits per heavy atom. The third kappa shape index (κ3) is 9.96. The van der Waals surface area contributed by atoms with Crippen LogP contribution in [0.5, 0.6) is 0 Å². The first-order chi connectivity index (χ1) is 18.8. The molecule has 10 nitrogen and oxygen atoms in total. The van der Waals surface area contributed by atoms with Crippen LogP contribution in [0.25, 0.3) is 11.4 Å². The Hall–Kier alpha value is 0.913. The second kappa shape index (κ2) is 16.6. The summed E-state index contributed by atoms with van der Waals surface area (Å²) in [5.74, 6) is -1.99. The number of amides is 2. The molecule has 0 unspecified atom stereocenters. The van der Waals surface area contributed by atoms with Gasteiger partial charge in [-0.2, -0.15) is 0 Å². The van der Waals surface area contributed by atoms with Crippen LogP contribution >= 0.6 is 31.9 Å². The van der Waals surface area contributed by atoms with Crippen LogP contribution in [-0.4, -0.2) is 72.2 Å². The number of benzene rings is 2. The van der Waals surface area contributed by atoms with Crippen LogP contribution in [0.4, 0.5) is 0 Å². The summed E-state index contributed by atoms with van der Waals surface area (Å²) in [5.41, 5.74) is 2.33. The molecule has 0 fully saturated rings. The van der Waals surface area contributed by atoms with Gasteiger partial charge in [0.1, 0.15) is 0 Å². The van der Waals surface area contributed by atoms with Crippen LogP contribution in [-0.2, 0) is 29.8 Å². The van der Waals surface area contributed by atoms with Crippen molar-refractivity contribution in [3.8, 4) is 0 Å². The maximum Gasteiger partial charge on any atom is 1.00 e. The van der Waals surface area contributed by atoms with E-state index in [1.807, 2.05) is 0 Å². The van der Waals surface area contributed by atoms with Gasteiger partial charge in [-0.05, 0) is 61.1 Å². The molecule has 4 rings (SSSR count). The Balaban J connectivity index is 0.00000308. The molecule has 2 heterocycles. The minimum atomic E-state index is -4.41. The number of halogens is 2. The summed E-state index contributed by atoms with van der Waals surface area (Å²) in [6.07, 6.45) is 0.561. The normalized spacial score (nSPS) is 15.2. The Bertz CT molecular complexity index is 1490. The van der Waals surface area contributed by atoms with Crippen molar-refractivity contribution in [2.45, 2.75) is 25.7 Å². The predicted octanol–water partition coefficient (Wildman–Crippen LogP) is -2.32. The Morgan fingerprint density at radius 1 is 0.571 bits per heavy atom. The number of rotatable bonds is 12. The summed E-state index contributed by atoms with van der Waals surface area (Å²) in [6, 6.07) is 14.1. The van der Waals surface area contributed by atoms with Crippen LogP contribution in [0.3, 0.4) is 0 Å². The van der Waals surface area contributed by atoms with Gasteiger partial charge in [0.05, 0.1) is 42.8 Å². The summed E-state index contributed by atoms with van der Waals surface area (Å²) in [4.78, 5) is 30.8. The number of hydrogen-bond acceptors (Lipinski definition) is 8. The number of carbonyl (C=O) groups excluding carboxylic acids is 2. The third-order valence-electron chi connectivity index (χ3n) is 6.47. The van der Waals surface area contributed by atoms with Crippen molar-refractivity contribution in [1.29, 1.82) is 0 Å². The van der Waals surface area contributed by atoms with E-state index in [0.717, 1.165) is 8.95 Å². The zero-order chi connectivity index (χ0) is 29.2. The number of hydrogen-bond donors (Lipinski definition) is 0. The standard InChI is InChI=1S/C26H26Br2N2O8S2.2K/c27-19-9-5-17(6-10-19)23-21-22(25(31)29(23)13-1-3-15-39(33,34)35)24(18-7-11-20(28)12-8-18)30(26(21)32)14-2-4-16-40(36,37)38;;/h5-12H,1-4,13-16H2,(H,33,34,35)(H,36,37,38);;/q;2*+1/p-2. The molecule has 214 valence electrons. The molecule has 2 aromatic carbocycles. The van der Waals surface area contributed by atoms with E-state index in [4.69, 9.17) is 0 Å². The van der Waals surface area contributed by atoms with Crippen molar-refractivity contribution in [3.63, 3.8) is 0 Å². The number of unbranched alkanes of at least 4 members (excludes halogenated alkanes) is 2. The fourth-order valence-electron chi connectivity index (χ4n) is 4.74. The van der Waals surface area contributed by atoms with Gasteiger partial charge in [-0.1, -0.05) is 56.1 Å². The SMILES string of the molecule is O=C1C2=C(c3ccc(Br)cc3)N(CCCCS(=O)(=O)[O-])C(=O)C2=C(c2ccc(Br)cc2)N1CCCCS(=O)(=O)[O-].[K+].[K+]. The molecule has 0 saturated carbocycles. The van der Waals surface area contributed by atoms with Gasteiger partial charge in [-0.15, -0.1) is 0 Å². The summed E-state index contributed by atoms with van der Waals surface area (Å²) in [5, 5.41) is 0. The molecule has 2 aromatic rings. The van der Waals surface area contributed by atoms with Crippen molar-refractivity contribution in [2.24, 2.45) is 0 Å². The molecule has 0 aliphatic carbocycles. The number of fused-ring (bicyclic) bond motifs is 1. The monoisotopic (exact) mass is 792 g/mol. The van der Waals surface area contributed by atoms with Gasteiger partial charge in [0.2, 0.25) is 0 Å². The van der Waals surface area contributed by atoms with E-state index in [0.29, 0.717) is 22.5 Å². The molecule has 0 N–H and O–H groups in total. The largest absolute Gasteiger partial charge is 1.00 e. The fourth-order valence-corrected chi connectivity index (χ4v) is 6.38. The summed E-state index contributed by atoms with van der Waals surface area (Å²) >= 11 is 6.77. The van der Waals surface area contributed by atoms with Gasteiger partial charge in [-0.3, -0.25) is 9.59 Å². The van der Waals surface area contributed by atoms with Gasteiger partial charge in [-0.25, -0.2) is 16.8 Å². The average molecular weight is 795 g/mol. The van der Waals surface area contributed by atoms with Crippen molar-refractivity contribution >= 4 is 75.3 Å². The first kappa shape index (κ1) is 39.1. The van der Waals surface area contributed by atoms with Crippen molar-refractivity contribution in [2.75, 3.05) is 24.6 Å². The van der Waals surface area contributed by atoms with Gasteiger partial charge in [0.15, 0.2) is 0 Å². The fraction of sp³-hybridized carbons (Fsp3) is 0.308. The van der Waals surface area contributed by atoms with E-state index in [1.165, 1.54) is 9.80 Å². The number of nitrogens with zero attached hydrogens (tertiary/aromatic N) is 2. The molecular formula is C26H24Br2K2N2O8S2. The average Bonchev–Trinajstić information content (AvgIpc) is 3.31. The molecule has 0 radical (unpaired) electrons. The molecular weight excluding hydrogens is 770 g/mol. The molecule has 0 atom stereocenters. The molecule has 0 aromatic heterocycles. The van der Waals surface area contributed by atoms with Crippen LogP contribution in [0.15, 0.2) is 68.6 Å². The summed E-state index contributed by atoms with van der Waals surface area (Å²) < 4.78 is 68.0. The van der Waals surface area contributed by atoms with Crippen LogP contribution in [0, 0.1) is 0 Å². The quantitative estimate of drug-likeness (QED) is 0.132. The second-order valence-electron chi connectivity index (χ2n) is 9.31. The van der Waals surface area contributed by atoms with Crippen LogP contribution < -0.4 is 103 Å². The predicted molar refractivity (Wildman–Crippen MR) is 153 cm³/mol. The maximum atomic E-state index is 14.0. The summed E-state index contributed by atoms with van der Waals surface area (Å²) in [6.45, 7) is 0.185. The molecule has 0 bridgehead atoms. The first-order valence-corrected chi connectivity index (χ1v) is 17.0. The van der Waals surface area contributed by atoms with E-state index in [1.54, 1.807) is 48.5 Å². The minimum Gasteiger partial charge on any atom is -0.748 e. The van der Waals surface area contributed by atoms with Crippen LogP contribution in [0.2, 0.25) is 0 Å². The Morgan fingerprint density at radius 3 is 1.17 bits per heavy atom. The van der Waals surface area contributed by atoms with E-state index >= 15 is 0 Å². The molecule has 0 spiro atoms. The minimum absolute atomic E-state index is 0. The zero-order valence-corrected chi connectivity index (χ0v) is 34.1. The van der Waals surface area contributed by atoms with E-state index in [2.05, 4.69) is 31.9 Å². The number of carbonyl (C=O) groups is 2. The molecule has 2 aliphatic heterocycles. The van der Waals surface area contributed by atoms with E-state index in [-0.39, 0.29) is 153 Å². The van der Waals surface area contributed by atoms with E-state index in [9.17, 15) is 35.5 Å².